The van der Waals surface area contributed by atoms with Crippen LogP contribution in [-0.2, 0) is 6.54 Å². The Morgan fingerprint density at radius 1 is 1.25 bits per heavy atom. The predicted octanol–water partition coefficient (Wildman–Crippen LogP) is 2.56. The Hall–Kier alpha value is -2.17. The van der Waals surface area contributed by atoms with Gasteiger partial charge in [-0.2, -0.15) is 0 Å². The van der Waals surface area contributed by atoms with Gasteiger partial charge in [-0.25, -0.2) is 9.97 Å². The van der Waals surface area contributed by atoms with Crippen LogP contribution in [0.3, 0.4) is 0 Å². The van der Waals surface area contributed by atoms with E-state index in [0.29, 0.717) is 18.3 Å². The number of nitrogens with one attached hydrogen (secondary N) is 1. The summed E-state index contributed by atoms with van der Waals surface area (Å²) in [5.74, 6) is 2.78. The number of hydrogen-bond acceptors (Lipinski definition) is 5. The molecule has 0 bridgehead atoms. The van der Waals surface area contributed by atoms with Gasteiger partial charge < -0.3 is 11.1 Å². The second-order valence-electron chi connectivity index (χ2n) is 5.38. The van der Waals surface area contributed by atoms with E-state index < -0.39 is 0 Å². The molecule has 0 amide bonds. The lowest BCUT2D eigenvalue weighted by Gasteiger charge is -2.12. The molecule has 104 valence electrons. The Morgan fingerprint density at radius 3 is 2.70 bits per heavy atom. The van der Waals surface area contributed by atoms with Gasteiger partial charge in [-0.3, -0.25) is 4.98 Å². The van der Waals surface area contributed by atoms with Crippen molar-refractivity contribution in [3.63, 3.8) is 0 Å². The minimum Gasteiger partial charge on any atom is -0.383 e. The molecule has 1 saturated carbocycles. The second-order valence-corrected chi connectivity index (χ2v) is 5.38. The van der Waals surface area contributed by atoms with Gasteiger partial charge in [0.05, 0.1) is 0 Å². The zero-order chi connectivity index (χ0) is 14.1. The van der Waals surface area contributed by atoms with Crippen LogP contribution in [0.2, 0.25) is 0 Å². The molecule has 1 aliphatic carbocycles. The fourth-order valence-corrected chi connectivity index (χ4v) is 2.04. The molecule has 20 heavy (non-hydrogen) atoms. The normalized spacial score (nSPS) is 14.3. The highest BCUT2D eigenvalue weighted by Gasteiger charge is 2.27. The first-order valence-corrected chi connectivity index (χ1v) is 6.93. The van der Waals surface area contributed by atoms with Crippen LogP contribution in [-0.4, -0.2) is 15.0 Å². The van der Waals surface area contributed by atoms with Gasteiger partial charge in [-0.1, -0.05) is 6.07 Å². The number of nitrogens with two attached hydrogens (primary N) is 1. The zero-order valence-electron chi connectivity index (χ0n) is 11.8. The quantitative estimate of drug-likeness (QED) is 0.892. The van der Waals surface area contributed by atoms with Crippen molar-refractivity contribution in [2.45, 2.75) is 39.2 Å². The maximum atomic E-state index is 5.97. The summed E-state index contributed by atoms with van der Waals surface area (Å²) < 4.78 is 0. The van der Waals surface area contributed by atoms with Crippen molar-refractivity contribution in [3.05, 3.63) is 41.0 Å². The minimum absolute atomic E-state index is 0.500. The third kappa shape index (κ3) is 2.71. The van der Waals surface area contributed by atoms with Crippen LogP contribution in [0.15, 0.2) is 18.3 Å². The fraction of sp³-hybridized carbons (Fsp3) is 0.400. The van der Waals surface area contributed by atoms with Crippen LogP contribution in [0.4, 0.5) is 11.6 Å². The summed E-state index contributed by atoms with van der Waals surface area (Å²) in [6, 6.07) is 4.07. The van der Waals surface area contributed by atoms with Gasteiger partial charge in [0.25, 0.3) is 0 Å². The molecule has 3 N–H and O–H groups in total. The van der Waals surface area contributed by atoms with E-state index in [9.17, 15) is 0 Å². The minimum atomic E-state index is 0.500. The highest BCUT2D eigenvalue weighted by Crippen LogP contribution is 2.39. The first-order chi connectivity index (χ1) is 9.63. The summed E-state index contributed by atoms with van der Waals surface area (Å²) >= 11 is 0. The van der Waals surface area contributed by atoms with E-state index in [1.807, 2.05) is 26.1 Å². The molecular weight excluding hydrogens is 250 g/mol. The van der Waals surface area contributed by atoms with Crippen molar-refractivity contribution in [1.29, 1.82) is 0 Å². The first-order valence-electron chi connectivity index (χ1n) is 6.93. The third-order valence-electron chi connectivity index (χ3n) is 3.58. The molecule has 0 radical (unpaired) electrons. The van der Waals surface area contributed by atoms with Gasteiger partial charge >= 0.3 is 0 Å². The average Bonchev–Trinajstić information content (AvgIpc) is 3.26. The fourth-order valence-electron chi connectivity index (χ4n) is 2.04. The second kappa shape index (κ2) is 5.07. The van der Waals surface area contributed by atoms with Crippen LogP contribution >= 0.6 is 0 Å². The topological polar surface area (TPSA) is 76.7 Å². The van der Waals surface area contributed by atoms with Gasteiger partial charge in [0.1, 0.15) is 17.5 Å². The third-order valence-corrected chi connectivity index (χ3v) is 3.58. The zero-order valence-corrected chi connectivity index (χ0v) is 11.8. The molecule has 0 aromatic carbocycles. The Balaban J connectivity index is 1.77. The highest BCUT2D eigenvalue weighted by molar-refractivity contribution is 5.55. The van der Waals surface area contributed by atoms with E-state index in [1.54, 1.807) is 0 Å². The molecule has 0 aliphatic heterocycles. The average molecular weight is 269 g/mol. The van der Waals surface area contributed by atoms with E-state index in [4.69, 9.17) is 5.73 Å². The number of aromatic nitrogens is 3. The smallest absolute Gasteiger partial charge is 0.136 e. The number of hydrogen-bond donors (Lipinski definition) is 2. The molecule has 0 saturated heterocycles. The summed E-state index contributed by atoms with van der Waals surface area (Å²) in [5, 5.41) is 3.34. The van der Waals surface area contributed by atoms with Gasteiger partial charge in [-0.15, -0.1) is 0 Å². The van der Waals surface area contributed by atoms with Crippen LogP contribution < -0.4 is 11.1 Å². The lowest BCUT2D eigenvalue weighted by atomic mass is 10.2. The Labute approximate surface area is 118 Å². The molecule has 5 nitrogen and oxygen atoms in total. The number of nitrogens with zero attached hydrogens (tertiary/aromatic N) is 3. The van der Waals surface area contributed by atoms with Crippen LogP contribution in [0.1, 0.15) is 41.4 Å². The van der Waals surface area contributed by atoms with Crippen molar-refractivity contribution < 1.29 is 0 Å². The van der Waals surface area contributed by atoms with Crippen molar-refractivity contribution in [2.24, 2.45) is 0 Å². The monoisotopic (exact) mass is 269 g/mol. The van der Waals surface area contributed by atoms with Crippen LogP contribution in [0.5, 0.6) is 0 Å². The van der Waals surface area contributed by atoms with Crippen molar-refractivity contribution >= 4 is 11.6 Å². The summed E-state index contributed by atoms with van der Waals surface area (Å²) in [6.45, 7) is 4.62. The SMILES string of the molecule is Cc1ccc(CNc2nc(C3CC3)nc(N)c2C)cn1. The number of anilines is 2. The molecule has 1 fully saturated rings. The van der Waals surface area contributed by atoms with Crippen molar-refractivity contribution in [2.75, 3.05) is 11.1 Å². The highest BCUT2D eigenvalue weighted by atomic mass is 15.1. The lowest BCUT2D eigenvalue weighted by Crippen LogP contribution is -2.09. The maximum absolute atomic E-state index is 5.97. The summed E-state index contributed by atoms with van der Waals surface area (Å²) in [4.78, 5) is 13.3. The molecule has 1 aliphatic rings. The molecular formula is C15H19N5. The largest absolute Gasteiger partial charge is 0.383 e. The van der Waals surface area contributed by atoms with Crippen LogP contribution in [0.25, 0.3) is 0 Å². The summed E-state index contributed by atoms with van der Waals surface area (Å²) in [6.07, 6.45) is 4.22. The molecule has 5 heteroatoms. The molecule has 2 aromatic heterocycles. The molecule has 0 spiro atoms. The van der Waals surface area contributed by atoms with E-state index in [-0.39, 0.29) is 0 Å². The number of rotatable bonds is 4. The number of nitrogen functional groups attached to an aromatic ring is 1. The van der Waals surface area contributed by atoms with E-state index >= 15 is 0 Å². The number of aryl methyl sites for hydroxylation is 1. The van der Waals surface area contributed by atoms with E-state index in [0.717, 1.165) is 28.5 Å². The summed E-state index contributed by atoms with van der Waals surface area (Å²) in [5.41, 5.74) is 9.03. The van der Waals surface area contributed by atoms with E-state index in [2.05, 4.69) is 26.3 Å². The lowest BCUT2D eigenvalue weighted by molar-refractivity contribution is 0.916. The predicted molar refractivity (Wildman–Crippen MR) is 79.5 cm³/mol. The molecule has 0 atom stereocenters. The molecule has 0 unspecified atom stereocenters. The first kappa shape index (κ1) is 12.8. The Bertz CT molecular complexity index is 617. The van der Waals surface area contributed by atoms with Gasteiger partial charge in [-0.05, 0) is 38.3 Å². The van der Waals surface area contributed by atoms with Crippen molar-refractivity contribution in [1.82, 2.24) is 15.0 Å². The molecule has 3 rings (SSSR count). The Kier molecular flexibility index (Phi) is 3.26. The van der Waals surface area contributed by atoms with Gasteiger partial charge in [0.2, 0.25) is 0 Å². The van der Waals surface area contributed by atoms with Crippen LogP contribution in [0, 0.1) is 13.8 Å². The maximum Gasteiger partial charge on any atom is 0.136 e. The molecule has 2 aromatic rings. The standard InChI is InChI=1S/C15H19N5/c1-9-3-4-11(7-17-9)8-18-14-10(2)13(16)19-15(20-14)12-5-6-12/h3-4,7,12H,5-6,8H2,1-2H3,(H3,16,18,19,20). The van der Waals surface area contributed by atoms with Crippen molar-refractivity contribution in [3.8, 4) is 0 Å². The van der Waals surface area contributed by atoms with Gasteiger partial charge in [0, 0.05) is 29.9 Å². The van der Waals surface area contributed by atoms with Gasteiger partial charge in [0.15, 0.2) is 0 Å². The summed E-state index contributed by atoms with van der Waals surface area (Å²) in [7, 11) is 0. The number of pyridine rings is 1. The molecule has 2 heterocycles. The van der Waals surface area contributed by atoms with E-state index in [1.165, 1.54) is 12.8 Å². The Morgan fingerprint density at radius 2 is 2.05 bits per heavy atom.